The molecule has 0 aliphatic heterocycles. The monoisotopic (exact) mass is 834 g/mol. The summed E-state index contributed by atoms with van der Waals surface area (Å²) in [7, 11) is 0. The second kappa shape index (κ2) is 14.7. The average molecular weight is 835 g/mol. The first-order valence-corrected chi connectivity index (χ1v) is 22.6. The van der Waals surface area contributed by atoms with Crippen LogP contribution in [0.3, 0.4) is 0 Å². The Morgan fingerprint density at radius 1 is 0.359 bits per heavy atom. The summed E-state index contributed by atoms with van der Waals surface area (Å²) in [6, 6.07) is 83.4. The van der Waals surface area contributed by atoms with E-state index in [1.54, 1.807) is 0 Å². The number of rotatable bonds is 7. The smallest absolute Gasteiger partial charge is 0.143 e. The summed E-state index contributed by atoms with van der Waals surface area (Å²) in [6.07, 6.45) is 0. The van der Waals surface area contributed by atoms with Crippen LogP contribution in [-0.2, 0) is 0 Å². The molecular formula is C60H38N2OS. The first-order valence-electron chi connectivity index (χ1n) is 21.8. The van der Waals surface area contributed by atoms with E-state index < -0.39 is 0 Å². The first-order chi connectivity index (χ1) is 31.8. The zero-order valence-corrected chi connectivity index (χ0v) is 35.5. The number of furan rings is 1. The normalized spacial score (nSPS) is 11.8. The SMILES string of the molecule is c1ccc(-c2ccccc2N(c2ccccc2-c2cccc3c2sc2ccccc23)c2cccc3c2c2ccccc2n3-c2ccccc2-c2cccc3c2oc2ccccc23)cc1. The first kappa shape index (κ1) is 36.5. The molecule has 0 atom stereocenters. The molecule has 0 unspecified atom stereocenters. The van der Waals surface area contributed by atoms with Crippen LogP contribution in [0.4, 0.5) is 17.1 Å². The Balaban J connectivity index is 1.11. The Morgan fingerprint density at radius 2 is 0.922 bits per heavy atom. The van der Waals surface area contributed by atoms with E-state index in [0.29, 0.717) is 0 Å². The number of thiophene rings is 1. The Hall–Kier alpha value is -8.18. The van der Waals surface area contributed by atoms with Crippen molar-refractivity contribution in [3.05, 3.63) is 231 Å². The molecule has 64 heavy (non-hydrogen) atoms. The van der Waals surface area contributed by atoms with Gasteiger partial charge in [-0.3, -0.25) is 0 Å². The van der Waals surface area contributed by atoms with Crippen LogP contribution in [0.15, 0.2) is 235 Å². The molecule has 3 heterocycles. The average Bonchev–Trinajstić information content (AvgIpc) is 4.05. The molecule has 0 aliphatic carbocycles. The molecule has 300 valence electrons. The lowest BCUT2D eigenvalue weighted by atomic mass is 9.97. The molecule has 13 aromatic rings. The minimum atomic E-state index is 0.892. The molecule has 0 fully saturated rings. The largest absolute Gasteiger partial charge is 0.455 e. The molecule has 0 amide bonds. The van der Waals surface area contributed by atoms with Crippen LogP contribution >= 0.6 is 11.3 Å². The summed E-state index contributed by atoms with van der Waals surface area (Å²) in [6.45, 7) is 0. The fourth-order valence-electron chi connectivity index (χ4n) is 10.1. The maximum Gasteiger partial charge on any atom is 0.143 e. The summed E-state index contributed by atoms with van der Waals surface area (Å²) < 4.78 is 11.7. The Kier molecular flexibility index (Phi) is 8.40. The number of nitrogens with zero attached hydrogens (tertiary/aromatic N) is 2. The highest BCUT2D eigenvalue weighted by atomic mass is 32.1. The number of hydrogen-bond donors (Lipinski definition) is 0. The van der Waals surface area contributed by atoms with Crippen LogP contribution < -0.4 is 4.90 Å². The molecule has 0 saturated carbocycles. The van der Waals surface area contributed by atoms with Gasteiger partial charge >= 0.3 is 0 Å². The van der Waals surface area contributed by atoms with Gasteiger partial charge < -0.3 is 13.9 Å². The van der Waals surface area contributed by atoms with Gasteiger partial charge in [0, 0.05) is 69.5 Å². The number of anilines is 3. The summed E-state index contributed by atoms with van der Waals surface area (Å²) in [4.78, 5) is 2.52. The fourth-order valence-corrected chi connectivity index (χ4v) is 11.3. The van der Waals surface area contributed by atoms with Crippen molar-refractivity contribution in [1.29, 1.82) is 0 Å². The van der Waals surface area contributed by atoms with E-state index >= 15 is 0 Å². The zero-order chi connectivity index (χ0) is 42.1. The molecule has 3 nitrogen and oxygen atoms in total. The molecule has 0 spiro atoms. The van der Waals surface area contributed by atoms with Crippen LogP contribution in [0.25, 0.3) is 103 Å². The van der Waals surface area contributed by atoms with Crippen molar-refractivity contribution in [2.75, 3.05) is 4.90 Å². The van der Waals surface area contributed by atoms with Gasteiger partial charge in [-0.2, -0.15) is 0 Å². The van der Waals surface area contributed by atoms with Crippen LogP contribution in [-0.4, -0.2) is 4.57 Å². The zero-order valence-electron chi connectivity index (χ0n) is 34.7. The van der Waals surface area contributed by atoms with E-state index in [-0.39, 0.29) is 0 Å². The van der Waals surface area contributed by atoms with E-state index in [1.807, 2.05) is 17.4 Å². The number of fused-ring (bicyclic) bond motifs is 9. The van der Waals surface area contributed by atoms with Crippen molar-refractivity contribution in [3.63, 3.8) is 0 Å². The fraction of sp³-hybridized carbons (Fsp3) is 0. The van der Waals surface area contributed by atoms with Gasteiger partial charge in [-0.05, 0) is 54.1 Å². The van der Waals surface area contributed by atoms with E-state index in [2.05, 4.69) is 234 Å². The van der Waals surface area contributed by atoms with Crippen LogP contribution in [0, 0.1) is 0 Å². The predicted molar refractivity (Wildman–Crippen MR) is 272 cm³/mol. The van der Waals surface area contributed by atoms with Gasteiger partial charge in [-0.25, -0.2) is 0 Å². The second-order valence-corrected chi connectivity index (χ2v) is 17.4. The third kappa shape index (κ3) is 5.60. The van der Waals surface area contributed by atoms with Crippen LogP contribution in [0.1, 0.15) is 0 Å². The van der Waals surface area contributed by atoms with Crippen molar-refractivity contribution >= 4 is 92.3 Å². The molecule has 0 bridgehead atoms. The van der Waals surface area contributed by atoms with Gasteiger partial charge in [-0.1, -0.05) is 182 Å². The highest BCUT2D eigenvalue weighted by Crippen LogP contribution is 2.51. The molecule has 3 aromatic heterocycles. The van der Waals surface area contributed by atoms with Gasteiger partial charge in [0.25, 0.3) is 0 Å². The van der Waals surface area contributed by atoms with Crippen molar-refractivity contribution in [2.45, 2.75) is 0 Å². The standard InChI is InChI=1S/C60H38N2OS/c1-2-19-39(20-3-1)40-21-4-10-31-50(40)61(52-33-12-6-23-42(52)47-29-17-30-48-44-25-9-15-38-57(44)64-60(47)48)54-35-18-36-55-58(54)49-26-7-13-34-53(49)62(55)51-32-11-5-22-41(51)45-27-16-28-46-43-24-8-14-37-56(43)63-59(45)46/h1-38H. The third-order valence-corrected chi connectivity index (χ3v) is 14.0. The van der Waals surface area contributed by atoms with Gasteiger partial charge in [-0.15, -0.1) is 11.3 Å². The second-order valence-electron chi connectivity index (χ2n) is 16.3. The molecule has 10 aromatic carbocycles. The van der Waals surface area contributed by atoms with Crippen molar-refractivity contribution in [2.24, 2.45) is 0 Å². The predicted octanol–water partition coefficient (Wildman–Crippen LogP) is 17.5. The van der Waals surface area contributed by atoms with E-state index in [4.69, 9.17) is 4.42 Å². The van der Waals surface area contributed by atoms with Crippen LogP contribution in [0.5, 0.6) is 0 Å². The molecule has 13 rings (SSSR count). The Morgan fingerprint density at radius 3 is 1.78 bits per heavy atom. The van der Waals surface area contributed by atoms with E-state index in [0.717, 1.165) is 78.0 Å². The van der Waals surface area contributed by atoms with E-state index in [1.165, 1.54) is 42.1 Å². The lowest BCUT2D eigenvalue weighted by molar-refractivity contribution is 0.670. The van der Waals surface area contributed by atoms with Gasteiger partial charge in [0.05, 0.1) is 33.8 Å². The highest BCUT2D eigenvalue weighted by Gasteiger charge is 2.26. The lowest BCUT2D eigenvalue weighted by Gasteiger charge is -2.30. The number of para-hydroxylation sites is 6. The molecule has 4 heteroatoms. The third-order valence-electron chi connectivity index (χ3n) is 12.8. The number of benzene rings is 10. The molecule has 0 saturated heterocycles. The molecule has 0 aliphatic rings. The van der Waals surface area contributed by atoms with Crippen LogP contribution in [0.2, 0.25) is 0 Å². The van der Waals surface area contributed by atoms with Gasteiger partial charge in [0.1, 0.15) is 11.2 Å². The number of hydrogen-bond acceptors (Lipinski definition) is 3. The maximum atomic E-state index is 6.66. The highest BCUT2D eigenvalue weighted by molar-refractivity contribution is 7.26. The summed E-state index contributed by atoms with van der Waals surface area (Å²) in [5.41, 5.74) is 15.3. The van der Waals surface area contributed by atoms with Gasteiger partial charge in [0.15, 0.2) is 0 Å². The quantitative estimate of drug-likeness (QED) is 0.159. The summed E-state index contributed by atoms with van der Waals surface area (Å²) in [5.74, 6) is 0. The van der Waals surface area contributed by atoms with Crippen molar-refractivity contribution < 1.29 is 4.42 Å². The van der Waals surface area contributed by atoms with Crippen molar-refractivity contribution in [3.8, 4) is 39.1 Å². The minimum Gasteiger partial charge on any atom is -0.455 e. The number of aromatic nitrogens is 1. The van der Waals surface area contributed by atoms with Crippen molar-refractivity contribution in [1.82, 2.24) is 4.57 Å². The topological polar surface area (TPSA) is 21.3 Å². The molecular weight excluding hydrogens is 797 g/mol. The Bertz CT molecular complexity index is 3930. The molecule has 0 N–H and O–H groups in total. The van der Waals surface area contributed by atoms with E-state index in [9.17, 15) is 0 Å². The van der Waals surface area contributed by atoms with Gasteiger partial charge in [0.2, 0.25) is 0 Å². The lowest BCUT2D eigenvalue weighted by Crippen LogP contribution is -2.13. The summed E-state index contributed by atoms with van der Waals surface area (Å²) >= 11 is 1.87. The molecule has 0 radical (unpaired) electrons. The summed E-state index contributed by atoms with van der Waals surface area (Å²) in [5, 5.41) is 7.17. The maximum absolute atomic E-state index is 6.66. The minimum absolute atomic E-state index is 0.892. The Labute approximate surface area is 373 Å².